The van der Waals surface area contributed by atoms with Crippen molar-refractivity contribution in [1.82, 2.24) is 10.2 Å². The highest BCUT2D eigenvalue weighted by atomic mass is 35.5. The molecule has 0 bridgehead atoms. The van der Waals surface area contributed by atoms with Crippen LogP contribution in [0.4, 0.5) is 5.69 Å². The molecule has 1 aromatic carbocycles. The third-order valence-electron chi connectivity index (χ3n) is 3.42. The van der Waals surface area contributed by atoms with Gasteiger partial charge < -0.3 is 16.0 Å². The van der Waals surface area contributed by atoms with E-state index in [2.05, 4.69) is 5.32 Å². The maximum atomic E-state index is 12.1. The minimum Gasteiger partial charge on any atom is -0.399 e. The summed E-state index contributed by atoms with van der Waals surface area (Å²) in [4.78, 5) is 25.9. The van der Waals surface area contributed by atoms with Crippen molar-refractivity contribution in [2.45, 2.75) is 38.8 Å². The Kier molecular flexibility index (Phi) is 5.23. The molecule has 0 aliphatic carbocycles. The van der Waals surface area contributed by atoms with E-state index in [1.807, 2.05) is 20.8 Å². The number of rotatable bonds is 2. The molecule has 1 unspecified atom stereocenters. The summed E-state index contributed by atoms with van der Waals surface area (Å²) in [6.45, 7) is 6.53. The highest BCUT2D eigenvalue weighted by Gasteiger charge is 2.36. The fourth-order valence-electron chi connectivity index (χ4n) is 2.40. The van der Waals surface area contributed by atoms with Crippen LogP contribution < -0.4 is 11.1 Å². The topological polar surface area (TPSA) is 75.4 Å². The number of hydrogen-bond acceptors (Lipinski definition) is 3. The van der Waals surface area contributed by atoms with Crippen LogP contribution in [0.3, 0.4) is 0 Å². The van der Waals surface area contributed by atoms with E-state index >= 15 is 0 Å². The van der Waals surface area contributed by atoms with Gasteiger partial charge in [0.15, 0.2) is 0 Å². The van der Waals surface area contributed by atoms with Crippen molar-refractivity contribution in [2.75, 3.05) is 12.3 Å². The van der Waals surface area contributed by atoms with E-state index in [0.717, 1.165) is 0 Å². The van der Waals surface area contributed by atoms with Gasteiger partial charge in [0.05, 0.1) is 6.04 Å². The number of amides is 2. The van der Waals surface area contributed by atoms with Crippen molar-refractivity contribution >= 4 is 29.9 Å². The molecule has 1 aromatic rings. The second-order valence-corrected chi connectivity index (χ2v) is 6.18. The van der Waals surface area contributed by atoms with Gasteiger partial charge in [0, 0.05) is 29.8 Å². The van der Waals surface area contributed by atoms with Crippen molar-refractivity contribution in [2.24, 2.45) is 0 Å². The van der Waals surface area contributed by atoms with Gasteiger partial charge in [0.25, 0.3) is 5.91 Å². The normalized spacial score (nSPS) is 18.3. The van der Waals surface area contributed by atoms with E-state index in [0.29, 0.717) is 24.2 Å². The Morgan fingerprint density at radius 3 is 2.57 bits per heavy atom. The zero-order valence-corrected chi connectivity index (χ0v) is 13.4. The van der Waals surface area contributed by atoms with Gasteiger partial charge in [0.1, 0.15) is 0 Å². The molecule has 1 heterocycles. The predicted molar refractivity (Wildman–Crippen MR) is 85.4 cm³/mol. The lowest BCUT2D eigenvalue weighted by atomic mass is 10.1. The SMILES string of the molecule is CC(C)(C)N1CC(NC(=O)c2cccc(N)c2)CC1=O.Cl. The molecule has 6 heteroatoms. The number of carbonyl (C=O) groups excluding carboxylic acids is 2. The summed E-state index contributed by atoms with van der Waals surface area (Å²) in [5, 5.41) is 2.90. The van der Waals surface area contributed by atoms with Crippen LogP contribution in [0.5, 0.6) is 0 Å². The van der Waals surface area contributed by atoms with Gasteiger partial charge >= 0.3 is 0 Å². The first-order valence-corrected chi connectivity index (χ1v) is 6.74. The van der Waals surface area contributed by atoms with Crippen LogP contribution in [-0.2, 0) is 4.79 Å². The molecule has 0 radical (unpaired) electrons. The van der Waals surface area contributed by atoms with E-state index in [1.54, 1.807) is 29.2 Å². The molecule has 1 fully saturated rings. The van der Waals surface area contributed by atoms with Crippen molar-refractivity contribution < 1.29 is 9.59 Å². The van der Waals surface area contributed by atoms with Crippen LogP contribution in [0.1, 0.15) is 37.6 Å². The Labute approximate surface area is 131 Å². The number of hydrogen-bond donors (Lipinski definition) is 2. The third kappa shape index (κ3) is 4.11. The standard InChI is InChI=1S/C15H21N3O2.ClH/c1-15(2,3)18-9-12(8-13(18)19)17-14(20)10-5-4-6-11(16)7-10;/h4-7,12H,8-9,16H2,1-3H3,(H,17,20);1H. The van der Waals surface area contributed by atoms with Gasteiger partial charge in [-0.25, -0.2) is 0 Å². The van der Waals surface area contributed by atoms with E-state index in [4.69, 9.17) is 5.73 Å². The average Bonchev–Trinajstić information content (AvgIpc) is 2.70. The van der Waals surface area contributed by atoms with Crippen LogP contribution >= 0.6 is 12.4 Å². The van der Waals surface area contributed by atoms with Crippen molar-refractivity contribution in [3.05, 3.63) is 29.8 Å². The molecule has 2 amide bonds. The van der Waals surface area contributed by atoms with Crippen LogP contribution in [-0.4, -0.2) is 34.8 Å². The minimum atomic E-state index is -0.215. The first-order chi connectivity index (χ1) is 9.27. The lowest BCUT2D eigenvalue weighted by molar-refractivity contribution is -0.131. The Morgan fingerprint density at radius 2 is 2.05 bits per heavy atom. The molecular weight excluding hydrogens is 290 g/mol. The summed E-state index contributed by atoms with van der Waals surface area (Å²) in [5.74, 6) is -0.110. The van der Waals surface area contributed by atoms with Gasteiger partial charge in [-0.15, -0.1) is 12.4 Å². The molecule has 116 valence electrons. The van der Waals surface area contributed by atoms with E-state index in [1.165, 1.54) is 0 Å². The number of likely N-dealkylation sites (tertiary alicyclic amines) is 1. The summed E-state index contributed by atoms with van der Waals surface area (Å²) < 4.78 is 0. The Hall–Kier alpha value is -1.75. The second-order valence-electron chi connectivity index (χ2n) is 6.18. The van der Waals surface area contributed by atoms with E-state index < -0.39 is 0 Å². The monoisotopic (exact) mass is 311 g/mol. The third-order valence-corrected chi connectivity index (χ3v) is 3.42. The number of anilines is 1. The smallest absolute Gasteiger partial charge is 0.251 e. The van der Waals surface area contributed by atoms with Crippen LogP contribution in [0, 0.1) is 0 Å². The van der Waals surface area contributed by atoms with Crippen LogP contribution in [0.25, 0.3) is 0 Å². The highest BCUT2D eigenvalue weighted by Crippen LogP contribution is 2.22. The number of halogens is 1. The van der Waals surface area contributed by atoms with Crippen LogP contribution in [0.15, 0.2) is 24.3 Å². The van der Waals surface area contributed by atoms with Gasteiger partial charge in [-0.05, 0) is 39.0 Å². The summed E-state index contributed by atoms with van der Waals surface area (Å²) in [7, 11) is 0. The van der Waals surface area contributed by atoms with Crippen molar-refractivity contribution in [3.8, 4) is 0 Å². The lowest BCUT2D eigenvalue weighted by Crippen LogP contribution is -2.44. The Morgan fingerprint density at radius 1 is 1.38 bits per heavy atom. The summed E-state index contributed by atoms with van der Waals surface area (Å²) in [6, 6.07) is 6.68. The lowest BCUT2D eigenvalue weighted by Gasteiger charge is -2.32. The van der Waals surface area contributed by atoms with Crippen molar-refractivity contribution in [1.29, 1.82) is 0 Å². The Balaban J connectivity index is 0.00000220. The van der Waals surface area contributed by atoms with Gasteiger partial charge in [-0.3, -0.25) is 9.59 Å². The molecule has 1 aliphatic rings. The number of nitrogens with zero attached hydrogens (tertiary/aromatic N) is 1. The molecule has 2 rings (SSSR count). The Bertz CT molecular complexity index is 540. The minimum absolute atomic E-state index is 0. The second kappa shape index (κ2) is 6.35. The molecule has 0 saturated carbocycles. The average molecular weight is 312 g/mol. The van der Waals surface area contributed by atoms with E-state index in [-0.39, 0.29) is 35.8 Å². The number of carbonyl (C=O) groups is 2. The first-order valence-electron chi connectivity index (χ1n) is 6.74. The summed E-state index contributed by atoms with van der Waals surface area (Å²) >= 11 is 0. The molecule has 1 atom stereocenters. The van der Waals surface area contributed by atoms with Crippen LogP contribution in [0.2, 0.25) is 0 Å². The molecule has 0 spiro atoms. The predicted octanol–water partition coefficient (Wildman–Crippen LogP) is 1.82. The molecule has 1 aliphatic heterocycles. The quantitative estimate of drug-likeness (QED) is 0.818. The number of nitrogens with two attached hydrogens (primary N) is 1. The number of nitrogen functional groups attached to an aromatic ring is 1. The summed E-state index contributed by atoms with van der Waals surface area (Å²) in [5.41, 5.74) is 6.52. The molecule has 0 aromatic heterocycles. The first kappa shape index (κ1) is 17.3. The fraction of sp³-hybridized carbons (Fsp3) is 0.467. The number of benzene rings is 1. The van der Waals surface area contributed by atoms with Gasteiger partial charge in [-0.1, -0.05) is 6.07 Å². The van der Waals surface area contributed by atoms with Crippen molar-refractivity contribution in [3.63, 3.8) is 0 Å². The molecule has 5 nitrogen and oxygen atoms in total. The zero-order chi connectivity index (χ0) is 14.9. The fourth-order valence-corrected chi connectivity index (χ4v) is 2.40. The maximum Gasteiger partial charge on any atom is 0.251 e. The molecule has 3 N–H and O–H groups in total. The zero-order valence-electron chi connectivity index (χ0n) is 12.6. The van der Waals surface area contributed by atoms with E-state index in [9.17, 15) is 9.59 Å². The van der Waals surface area contributed by atoms with Gasteiger partial charge in [-0.2, -0.15) is 0 Å². The maximum absolute atomic E-state index is 12.1. The van der Waals surface area contributed by atoms with Gasteiger partial charge in [0.2, 0.25) is 5.91 Å². The summed E-state index contributed by atoms with van der Waals surface area (Å²) in [6.07, 6.45) is 0.353. The molecular formula is C15H22ClN3O2. The largest absolute Gasteiger partial charge is 0.399 e. The number of nitrogens with one attached hydrogen (secondary N) is 1. The molecule has 1 saturated heterocycles. The highest BCUT2D eigenvalue weighted by molar-refractivity contribution is 5.95. The molecule has 21 heavy (non-hydrogen) atoms.